The van der Waals surface area contributed by atoms with E-state index < -0.39 is 17.5 Å². The Hall–Kier alpha value is -2.41. The smallest absolute Gasteiger partial charge is 0.328 e. The molecule has 3 amide bonds. The number of urea groups is 1. The first-order valence-corrected chi connectivity index (χ1v) is 9.91. The highest BCUT2D eigenvalue weighted by molar-refractivity contribution is 6.08. The number of hydrogen-bond donors (Lipinski definition) is 0. The average Bonchev–Trinajstić information content (AvgIpc) is 2.91. The van der Waals surface area contributed by atoms with Gasteiger partial charge in [0.25, 0.3) is 5.91 Å². The van der Waals surface area contributed by atoms with Crippen LogP contribution in [0.1, 0.15) is 38.7 Å². The van der Waals surface area contributed by atoms with Crippen LogP contribution in [-0.2, 0) is 20.9 Å². The highest BCUT2D eigenvalue weighted by atomic mass is 16.5. The Morgan fingerprint density at radius 2 is 1.82 bits per heavy atom. The van der Waals surface area contributed by atoms with Crippen LogP contribution >= 0.6 is 0 Å². The maximum atomic E-state index is 13.3. The largest absolute Gasteiger partial charge is 0.468 e. The first-order chi connectivity index (χ1) is 13.4. The van der Waals surface area contributed by atoms with E-state index in [1.807, 2.05) is 30.3 Å². The number of carbonyl (C=O) groups excluding carboxylic acids is 3. The van der Waals surface area contributed by atoms with Crippen LogP contribution in [0.2, 0.25) is 0 Å². The fraction of sp³-hybridized carbons (Fsp3) is 0.571. The molecule has 152 valence electrons. The maximum absolute atomic E-state index is 13.3. The minimum atomic E-state index is -0.884. The highest BCUT2D eigenvalue weighted by Gasteiger charge is 2.58. The minimum Gasteiger partial charge on any atom is -0.468 e. The van der Waals surface area contributed by atoms with E-state index in [1.165, 1.54) is 7.11 Å². The van der Waals surface area contributed by atoms with Gasteiger partial charge in [-0.15, -0.1) is 0 Å². The molecule has 0 radical (unpaired) electrons. The van der Waals surface area contributed by atoms with Crippen molar-refractivity contribution in [2.45, 2.75) is 51.2 Å². The second-order valence-electron chi connectivity index (χ2n) is 7.65. The number of esters is 1. The van der Waals surface area contributed by atoms with Crippen molar-refractivity contribution >= 4 is 17.9 Å². The van der Waals surface area contributed by atoms with Crippen LogP contribution in [0.4, 0.5) is 4.79 Å². The highest BCUT2D eigenvalue weighted by Crippen LogP contribution is 2.39. The Morgan fingerprint density at radius 1 is 1.18 bits per heavy atom. The van der Waals surface area contributed by atoms with Crippen molar-refractivity contribution in [1.29, 1.82) is 0 Å². The monoisotopic (exact) mass is 387 g/mol. The Bertz CT molecular complexity index is 728. The van der Waals surface area contributed by atoms with Gasteiger partial charge < -0.3 is 14.5 Å². The zero-order chi connectivity index (χ0) is 20.3. The van der Waals surface area contributed by atoms with Gasteiger partial charge in [-0.1, -0.05) is 37.3 Å². The number of likely N-dealkylation sites (tertiary alicyclic amines) is 1. The molecule has 0 bridgehead atoms. The van der Waals surface area contributed by atoms with E-state index in [2.05, 4.69) is 23.5 Å². The summed E-state index contributed by atoms with van der Waals surface area (Å²) in [4.78, 5) is 43.3. The summed E-state index contributed by atoms with van der Waals surface area (Å²) >= 11 is 0. The lowest BCUT2D eigenvalue weighted by Gasteiger charge is -2.44. The van der Waals surface area contributed by atoms with Crippen molar-refractivity contribution < 1.29 is 19.1 Å². The van der Waals surface area contributed by atoms with Crippen LogP contribution in [0.3, 0.4) is 0 Å². The molecule has 1 aromatic rings. The van der Waals surface area contributed by atoms with Crippen molar-refractivity contribution in [3.05, 3.63) is 35.9 Å². The SMILES string of the molecule is CC[C@H](C)N1CCC2(CC1)C(=O)N(CC(=O)OC)C(=O)N2Cc1ccccc1. The van der Waals surface area contributed by atoms with Crippen molar-refractivity contribution in [2.24, 2.45) is 0 Å². The number of piperidine rings is 1. The third kappa shape index (κ3) is 3.63. The Balaban J connectivity index is 1.88. The van der Waals surface area contributed by atoms with Gasteiger partial charge in [0, 0.05) is 25.7 Å². The van der Waals surface area contributed by atoms with Gasteiger partial charge in [-0.05, 0) is 31.7 Å². The quantitative estimate of drug-likeness (QED) is 0.553. The fourth-order valence-electron chi connectivity index (χ4n) is 4.18. The molecule has 2 saturated heterocycles. The molecule has 7 heteroatoms. The molecule has 28 heavy (non-hydrogen) atoms. The standard InChI is InChI=1S/C21H29N3O4/c1-4-16(2)22-12-10-21(11-13-22)19(26)23(15-18(25)28-3)20(27)24(21)14-17-8-6-5-7-9-17/h5-9,16H,4,10-15H2,1-3H3/t16-/m0/s1. The summed E-state index contributed by atoms with van der Waals surface area (Å²) in [6.45, 7) is 5.86. The average molecular weight is 387 g/mol. The number of ether oxygens (including phenoxy) is 1. The van der Waals surface area contributed by atoms with E-state index in [-0.39, 0.29) is 12.5 Å². The molecule has 1 aromatic carbocycles. The predicted octanol–water partition coefficient (Wildman–Crippen LogP) is 2.26. The van der Waals surface area contributed by atoms with Gasteiger partial charge in [0.2, 0.25) is 0 Å². The molecular formula is C21H29N3O4. The van der Waals surface area contributed by atoms with Crippen LogP contribution in [0, 0.1) is 0 Å². The first-order valence-electron chi connectivity index (χ1n) is 9.91. The molecule has 1 spiro atoms. The number of rotatable bonds is 6. The van der Waals surface area contributed by atoms with E-state index in [0.29, 0.717) is 25.4 Å². The summed E-state index contributed by atoms with van der Waals surface area (Å²) in [7, 11) is 1.26. The number of hydrogen-bond acceptors (Lipinski definition) is 5. The predicted molar refractivity (Wildman–Crippen MR) is 104 cm³/mol. The van der Waals surface area contributed by atoms with E-state index >= 15 is 0 Å². The second-order valence-corrected chi connectivity index (χ2v) is 7.65. The normalized spacial score (nSPS) is 20.7. The van der Waals surface area contributed by atoms with Crippen LogP contribution < -0.4 is 0 Å². The molecule has 7 nitrogen and oxygen atoms in total. The molecule has 2 fully saturated rings. The Morgan fingerprint density at radius 3 is 2.39 bits per heavy atom. The first kappa shape index (κ1) is 20.3. The Kier molecular flexibility index (Phi) is 6.03. The van der Waals surface area contributed by atoms with E-state index in [1.54, 1.807) is 4.90 Å². The summed E-state index contributed by atoms with van der Waals surface area (Å²) < 4.78 is 4.69. The van der Waals surface area contributed by atoms with Gasteiger partial charge >= 0.3 is 12.0 Å². The lowest BCUT2D eigenvalue weighted by atomic mass is 9.85. The lowest BCUT2D eigenvalue weighted by molar-refractivity contribution is -0.146. The molecule has 0 aromatic heterocycles. The second kappa shape index (κ2) is 8.31. The molecule has 1 atom stereocenters. The lowest BCUT2D eigenvalue weighted by Crippen LogP contribution is -2.57. The van der Waals surface area contributed by atoms with Gasteiger partial charge in [-0.25, -0.2) is 4.79 Å². The molecule has 0 saturated carbocycles. The number of amides is 3. The maximum Gasteiger partial charge on any atom is 0.328 e. The summed E-state index contributed by atoms with van der Waals surface area (Å²) in [5.41, 5.74) is 0.0811. The summed E-state index contributed by atoms with van der Waals surface area (Å²) in [6.07, 6.45) is 2.20. The number of methoxy groups -OCH3 is 1. The molecule has 0 N–H and O–H groups in total. The molecule has 0 aliphatic carbocycles. The number of imide groups is 1. The zero-order valence-corrected chi connectivity index (χ0v) is 16.9. The van der Waals surface area contributed by atoms with Crippen molar-refractivity contribution in [1.82, 2.24) is 14.7 Å². The minimum absolute atomic E-state index is 0.275. The third-order valence-corrected chi connectivity index (χ3v) is 6.16. The van der Waals surface area contributed by atoms with Crippen LogP contribution in [0.5, 0.6) is 0 Å². The van der Waals surface area contributed by atoms with Crippen LogP contribution in [0.15, 0.2) is 30.3 Å². The zero-order valence-electron chi connectivity index (χ0n) is 16.9. The van der Waals surface area contributed by atoms with E-state index in [4.69, 9.17) is 0 Å². The Labute approximate surface area is 166 Å². The number of benzene rings is 1. The van der Waals surface area contributed by atoms with Gasteiger partial charge in [0.05, 0.1) is 7.11 Å². The summed E-state index contributed by atoms with van der Waals surface area (Å²) in [5.74, 6) is -0.863. The molecule has 2 heterocycles. The molecule has 3 rings (SSSR count). The third-order valence-electron chi connectivity index (χ3n) is 6.16. The van der Waals surface area contributed by atoms with Gasteiger partial charge in [0.15, 0.2) is 0 Å². The molecule has 2 aliphatic heterocycles. The van der Waals surface area contributed by atoms with E-state index in [9.17, 15) is 14.4 Å². The van der Waals surface area contributed by atoms with Crippen molar-refractivity contribution in [2.75, 3.05) is 26.7 Å². The molecule has 0 unspecified atom stereocenters. The van der Waals surface area contributed by atoms with Crippen molar-refractivity contribution in [3.8, 4) is 0 Å². The van der Waals surface area contributed by atoms with Gasteiger partial charge in [-0.3, -0.25) is 14.5 Å². The summed E-state index contributed by atoms with van der Waals surface area (Å²) in [6, 6.07) is 9.69. The van der Waals surface area contributed by atoms with Gasteiger partial charge in [-0.2, -0.15) is 0 Å². The number of nitrogens with zero attached hydrogens (tertiary/aromatic N) is 3. The number of carbonyl (C=O) groups is 3. The molecule has 2 aliphatic rings. The van der Waals surface area contributed by atoms with Crippen LogP contribution in [0.25, 0.3) is 0 Å². The van der Waals surface area contributed by atoms with Gasteiger partial charge in [0.1, 0.15) is 12.1 Å². The van der Waals surface area contributed by atoms with Crippen molar-refractivity contribution in [3.63, 3.8) is 0 Å². The van der Waals surface area contributed by atoms with E-state index in [0.717, 1.165) is 30.0 Å². The topological polar surface area (TPSA) is 70.2 Å². The summed E-state index contributed by atoms with van der Waals surface area (Å²) in [5, 5.41) is 0. The van der Waals surface area contributed by atoms with Crippen LogP contribution in [-0.4, -0.2) is 70.9 Å². The molecular weight excluding hydrogens is 358 g/mol. The fourth-order valence-corrected chi connectivity index (χ4v) is 4.18.